The van der Waals surface area contributed by atoms with Gasteiger partial charge in [0, 0.05) is 5.92 Å². The van der Waals surface area contributed by atoms with Gasteiger partial charge in [0.05, 0.1) is 12.7 Å². The van der Waals surface area contributed by atoms with Gasteiger partial charge < -0.3 is 4.74 Å². The summed E-state index contributed by atoms with van der Waals surface area (Å²) in [5.41, 5.74) is 1.45. The monoisotopic (exact) mass is 190 g/mol. The van der Waals surface area contributed by atoms with E-state index in [1.54, 1.807) is 0 Å². The molecule has 0 aliphatic carbocycles. The smallest absolute Gasteiger partial charge is 0.0628 e. The first-order valence-corrected chi connectivity index (χ1v) is 5.55. The van der Waals surface area contributed by atoms with Crippen LogP contribution in [0.5, 0.6) is 0 Å². The van der Waals surface area contributed by atoms with E-state index in [2.05, 4.69) is 37.3 Å². The Labute approximate surface area is 86.1 Å². The molecule has 1 aromatic rings. The molecule has 76 valence electrons. The second-order valence-corrected chi connectivity index (χ2v) is 4.11. The third-order valence-corrected chi connectivity index (χ3v) is 2.96. The summed E-state index contributed by atoms with van der Waals surface area (Å²) >= 11 is 0. The van der Waals surface area contributed by atoms with Gasteiger partial charge in [0.15, 0.2) is 0 Å². The molecule has 0 aromatic heterocycles. The lowest BCUT2D eigenvalue weighted by atomic mass is 9.88. The van der Waals surface area contributed by atoms with E-state index >= 15 is 0 Å². The van der Waals surface area contributed by atoms with Gasteiger partial charge in [-0.05, 0) is 18.4 Å². The molecule has 1 saturated heterocycles. The average Bonchev–Trinajstić information content (AvgIpc) is 2.23. The zero-order valence-corrected chi connectivity index (χ0v) is 8.78. The van der Waals surface area contributed by atoms with Crippen molar-refractivity contribution in [1.29, 1.82) is 0 Å². The first-order chi connectivity index (χ1) is 6.90. The molecule has 14 heavy (non-hydrogen) atoms. The van der Waals surface area contributed by atoms with Gasteiger partial charge in [-0.25, -0.2) is 0 Å². The molecule has 1 nitrogen and oxygen atoms in total. The molecule has 2 rings (SSSR count). The Balaban J connectivity index is 1.86. The molecule has 0 N–H and O–H groups in total. The lowest BCUT2D eigenvalue weighted by Gasteiger charge is -2.37. The lowest BCUT2D eigenvalue weighted by Crippen LogP contribution is -2.40. The Bertz CT molecular complexity index is 268. The molecule has 0 amide bonds. The van der Waals surface area contributed by atoms with Gasteiger partial charge >= 0.3 is 0 Å². The van der Waals surface area contributed by atoms with Crippen LogP contribution in [0.2, 0.25) is 0 Å². The summed E-state index contributed by atoms with van der Waals surface area (Å²) < 4.78 is 5.56. The van der Waals surface area contributed by atoms with E-state index in [-0.39, 0.29) is 0 Å². The van der Waals surface area contributed by atoms with Crippen molar-refractivity contribution < 1.29 is 4.74 Å². The maximum Gasteiger partial charge on any atom is 0.0628 e. The van der Waals surface area contributed by atoms with Crippen molar-refractivity contribution in [3.63, 3.8) is 0 Å². The third kappa shape index (κ3) is 2.16. The number of benzene rings is 1. The van der Waals surface area contributed by atoms with Gasteiger partial charge in [0.25, 0.3) is 0 Å². The number of rotatable bonds is 4. The quantitative estimate of drug-likeness (QED) is 0.709. The molecular formula is C13H18O. The fraction of sp³-hybridized carbons (Fsp3) is 0.538. The van der Waals surface area contributed by atoms with Gasteiger partial charge in [-0.2, -0.15) is 0 Å². The van der Waals surface area contributed by atoms with Crippen LogP contribution in [0.25, 0.3) is 0 Å². The van der Waals surface area contributed by atoms with Crippen molar-refractivity contribution in [2.45, 2.75) is 32.3 Å². The SMILES string of the molecule is CCCC1OCC1Cc1ccccc1. The minimum absolute atomic E-state index is 0.528. The molecule has 0 saturated carbocycles. The highest BCUT2D eigenvalue weighted by atomic mass is 16.5. The Morgan fingerprint density at radius 3 is 2.64 bits per heavy atom. The Morgan fingerprint density at radius 2 is 2.07 bits per heavy atom. The summed E-state index contributed by atoms with van der Waals surface area (Å²) in [7, 11) is 0. The molecular weight excluding hydrogens is 172 g/mol. The van der Waals surface area contributed by atoms with Gasteiger partial charge in [-0.1, -0.05) is 43.7 Å². The van der Waals surface area contributed by atoms with Crippen molar-refractivity contribution in [3.8, 4) is 0 Å². The van der Waals surface area contributed by atoms with E-state index in [9.17, 15) is 0 Å². The highest BCUT2D eigenvalue weighted by molar-refractivity contribution is 5.16. The topological polar surface area (TPSA) is 9.23 Å². The molecule has 0 radical (unpaired) electrons. The van der Waals surface area contributed by atoms with Crippen molar-refractivity contribution in [3.05, 3.63) is 35.9 Å². The number of hydrogen-bond acceptors (Lipinski definition) is 1. The van der Waals surface area contributed by atoms with Crippen LogP contribution >= 0.6 is 0 Å². The lowest BCUT2D eigenvalue weighted by molar-refractivity contribution is -0.117. The fourth-order valence-corrected chi connectivity index (χ4v) is 2.08. The first-order valence-electron chi connectivity index (χ1n) is 5.55. The molecule has 1 aliphatic rings. The molecule has 2 atom stereocenters. The van der Waals surface area contributed by atoms with Crippen molar-refractivity contribution in [2.24, 2.45) is 5.92 Å². The van der Waals surface area contributed by atoms with Gasteiger partial charge in [-0.3, -0.25) is 0 Å². The molecule has 1 heterocycles. The predicted octanol–water partition coefficient (Wildman–Crippen LogP) is 3.04. The zero-order chi connectivity index (χ0) is 9.80. The molecule has 0 spiro atoms. The minimum atomic E-state index is 0.528. The minimum Gasteiger partial charge on any atom is -0.377 e. The largest absolute Gasteiger partial charge is 0.377 e. The Hall–Kier alpha value is -0.820. The van der Waals surface area contributed by atoms with Crippen LogP contribution in [0.1, 0.15) is 25.3 Å². The summed E-state index contributed by atoms with van der Waals surface area (Å²) in [6.45, 7) is 3.18. The second kappa shape index (κ2) is 4.61. The van der Waals surface area contributed by atoms with Gasteiger partial charge in [0.1, 0.15) is 0 Å². The Kier molecular flexibility index (Phi) is 3.20. The van der Waals surface area contributed by atoms with Crippen LogP contribution in [0, 0.1) is 5.92 Å². The van der Waals surface area contributed by atoms with Gasteiger partial charge in [-0.15, -0.1) is 0 Å². The van der Waals surface area contributed by atoms with E-state index in [0.29, 0.717) is 6.10 Å². The molecule has 1 heteroatoms. The van der Waals surface area contributed by atoms with Crippen molar-refractivity contribution in [2.75, 3.05) is 6.61 Å². The summed E-state index contributed by atoms with van der Waals surface area (Å²) in [4.78, 5) is 0. The van der Waals surface area contributed by atoms with E-state index in [1.807, 2.05) is 0 Å². The molecule has 1 aliphatic heterocycles. The van der Waals surface area contributed by atoms with Crippen LogP contribution < -0.4 is 0 Å². The highest BCUT2D eigenvalue weighted by Gasteiger charge is 2.30. The molecule has 2 unspecified atom stereocenters. The maximum atomic E-state index is 5.56. The van der Waals surface area contributed by atoms with E-state index < -0.39 is 0 Å². The van der Waals surface area contributed by atoms with Crippen LogP contribution in [0.4, 0.5) is 0 Å². The van der Waals surface area contributed by atoms with E-state index in [4.69, 9.17) is 4.74 Å². The number of hydrogen-bond donors (Lipinski definition) is 0. The summed E-state index contributed by atoms with van der Waals surface area (Å²) in [6, 6.07) is 10.7. The van der Waals surface area contributed by atoms with Crippen LogP contribution in [0.3, 0.4) is 0 Å². The Morgan fingerprint density at radius 1 is 1.29 bits per heavy atom. The summed E-state index contributed by atoms with van der Waals surface area (Å²) in [5, 5.41) is 0. The van der Waals surface area contributed by atoms with Gasteiger partial charge in [0.2, 0.25) is 0 Å². The summed E-state index contributed by atoms with van der Waals surface area (Å²) in [6.07, 6.45) is 4.17. The maximum absolute atomic E-state index is 5.56. The third-order valence-electron chi connectivity index (χ3n) is 2.96. The molecule has 1 aromatic carbocycles. The van der Waals surface area contributed by atoms with Crippen molar-refractivity contribution in [1.82, 2.24) is 0 Å². The molecule has 0 bridgehead atoms. The zero-order valence-electron chi connectivity index (χ0n) is 8.78. The summed E-state index contributed by atoms with van der Waals surface area (Å²) in [5.74, 6) is 0.761. The van der Waals surface area contributed by atoms with Crippen LogP contribution in [0.15, 0.2) is 30.3 Å². The first kappa shape index (κ1) is 9.72. The second-order valence-electron chi connectivity index (χ2n) is 4.11. The standard InChI is InChI=1S/C13H18O/c1-2-6-13-12(10-14-13)9-11-7-4-3-5-8-11/h3-5,7-8,12-13H,2,6,9-10H2,1H3. The van der Waals surface area contributed by atoms with Crippen LogP contribution in [-0.2, 0) is 11.2 Å². The number of ether oxygens (including phenoxy) is 1. The van der Waals surface area contributed by atoms with E-state index in [0.717, 1.165) is 12.5 Å². The van der Waals surface area contributed by atoms with Crippen molar-refractivity contribution >= 4 is 0 Å². The average molecular weight is 190 g/mol. The molecule has 1 fully saturated rings. The normalized spacial score (nSPS) is 25.8. The predicted molar refractivity (Wildman–Crippen MR) is 58.3 cm³/mol. The highest BCUT2D eigenvalue weighted by Crippen LogP contribution is 2.27. The van der Waals surface area contributed by atoms with Crippen LogP contribution in [-0.4, -0.2) is 12.7 Å². The van der Waals surface area contributed by atoms with E-state index in [1.165, 1.54) is 24.8 Å². The fourth-order valence-electron chi connectivity index (χ4n) is 2.08.